The minimum Gasteiger partial charge on any atom is -0.367 e. The van der Waals surface area contributed by atoms with Gasteiger partial charge in [0.15, 0.2) is 0 Å². The SMILES string of the molecule is CC1(C)CN(c2nc(C(F)(F)F)ns2)CC(CCl)O1. The Bertz CT molecular complexity index is 451. The molecule has 1 aromatic rings. The van der Waals surface area contributed by atoms with Gasteiger partial charge in [-0.05, 0) is 13.8 Å². The molecule has 0 amide bonds. The van der Waals surface area contributed by atoms with Crippen molar-refractivity contribution in [3.05, 3.63) is 5.82 Å². The number of ether oxygens (including phenoxy) is 1. The molecular formula is C10H13ClF3N3OS. The molecule has 1 aliphatic heterocycles. The van der Waals surface area contributed by atoms with Crippen LogP contribution in [0, 0.1) is 0 Å². The van der Waals surface area contributed by atoms with E-state index in [1.807, 2.05) is 13.8 Å². The van der Waals surface area contributed by atoms with Gasteiger partial charge in [0.05, 0.1) is 17.6 Å². The maximum absolute atomic E-state index is 12.5. The van der Waals surface area contributed by atoms with E-state index in [4.69, 9.17) is 16.3 Å². The lowest BCUT2D eigenvalue weighted by Crippen LogP contribution is -2.53. The fraction of sp³-hybridized carbons (Fsp3) is 0.800. The van der Waals surface area contributed by atoms with Crippen molar-refractivity contribution in [2.24, 2.45) is 0 Å². The highest BCUT2D eigenvalue weighted by molar-refractivity contribution is 7.09. The molecule has 19 heavy (non-hydrogen) atoms. The molecule has 1 aromatic heterocycles. The number of alkyl halides is 4. The van der Waals surface area contributed by atoms with Gasteiger partial charge in [0.25, 0.3) is 0 Å². The maximum atomic E-state index is 12.5. The first-order chi connectivity index (χ1) is 8.71. The van der Waals surface area contributed by atoms with Crippen molar-refractivity contribution in [1.82, 2.24) is 9.36 Å². The predicted molar refractivity (Wildman–Crippen MR) is 66.8 cm³/mol. The number of halogens is 4. The van der Waals surface area contributed by atoms with Crippen molar-refractivity contribution in [3.8, 4) is 0 Å². The Balaban J connectivity index is 2.19. The first kappa shape index (κ1) is 14.8. The van der Waals surface area contributed by atoms with Gasteiger partial charge in [-0.1, -0.05) is 0 Å². The van der Waals surface area contributed by atoms with Gasteiger partial charge < -0.3 is 9.64 Å². The Morgan fingerprint density at radius 3 is 2.74 bits per heavy atom. The molecule has 1 atom stereocenters. The lowest BCUT2D eigenvalue weighted by molar-refractivity contribution is -0.144. The fourth-order valence-electron chi connectivity index (χ4n) is 1.98. The van der Waals surface area contributed by atoms with E-state index in [0.717, 1.165) is 11.5 Å². The number of hydrogen-bond acceptors (Lipinski definition) is 5. The van der Waals surface area contributed by atoms with E-state index in [-0.39, 0.29) is 17.1 Å². The van der Waals surface area contributed by atoms with E-state index in [9.17, 15) is 13.2 Å². The molecule has 9 heteroatoms. The summed E-state index contributed by atoms with van der Waals surface area (Å²) in [4.78, 5) is 5.29. The third kappa shape index (κ3) is 3.49. The number of nitrogens with zero attached hydrogens (tertiary/aromatic N) is 3. The summed E-state index contributed by atoms with van der Waals surface area (Å²) in [6, 6.07) is 0. The van der Waals surface area contributed by atoms with Gasteiger partial charge in [-0.3, -0.25) is 0 Å². The molecule has 0 aromatic carbocycles. The molecule has 1 fully saturated rings. The summed E-state index contributed by atoms with van der Waals surface area (Å²) in [5.74, 6) is -0.815. The van der Waals surface area contributed by atoms with Crippen molar-refractivity contribution in [1.29, 1.82) is 0 Å². The summed E-state index contributed by atoms with van der Waals surface area (Å²) in [5, 5.41) is 0.249. The smallest absolute Gasteiger partial charge is 0.367 e. The van der Waals surface area contributed by atoms with Crippen LogP contribution in [0.1, 0.15) is 19.7 Å². The lowest BCUT2D eigenvalue weighted by atomic mass is 10.1. The molecule has 2 heterocycles. The van der Waals surface area contributed by atoms with Crippen LogP contribution in [0.4, 0.5) is 18.3 Å². The number of morpholine rings is 1. The summed E-state index contributed by atoms with van der Waals surface area (Å²) >= 11 is 6.52. The van der Waals surface area contributed by atoms with Crippen molar-refractivity contribution in [3.63, 3.8) is 0 Å². The lowest BCUT2D eigenvalue weighted by Gasteiger charge is -2.42. The molecule has 0 spiro atoms. The zero-order chi connectivity index (χ0) is 14.3. The molecule has 1 saturated heterocycles. The summed E-state index contributed by atoms with van der Waals surface area (Å²) in [5.41, 5.74) is -0.484. The van der Waals surface area contributed by atoms with Crippen LogP contribution in [0.3, 0.4) is 0 Å². The molecule has 1 unspecified atom stereocenters. The van der Waals surface area contributed by atoms with Crippen LogP contribution in [0.15, 0.2) is 0 Å². The van der Waals surface area contributed by atoms with Crippen molar-refractivity contribution >= 4 is 28.3 Å². The number of aromatic nitrogens is 2. The largest absolute Gasteiger partial charge is 0.452 e. The van der Waals surface area contributed by atoms with Gasteiger partial charge >= 0.3 is 6.18 Å². The van der Waals surface area contributed by atoms with Crippen molar-refractivity contribution in [2.45, 2.75) is 31.7 Å². The molecule has 2 rings (SSSR count). The second kappa shape index (κ2) is 5.06. The van der Waals surface area contributed by atoms with Gasteiger partial charge in [0.1, 0.15) is 0 Å². The summed E-state index contributed by atoms with van der Waals surface area (Å²) in [6.07, 6.45) is -4.74. The second-order valence-electron chi connectivity index (χ2n) is 4.93. The summed E-state index contributed by atoms with van der Waals surface area (Å²) < 4.78 is 46.5. The minimum atomic E-state index is -4.51. The van der Waals surface area contributed by atoms with E-state index in [2.05, 4.69) is 9.36 Å². The summed E-state index contributed by atoms with van der Waals surface area (Å²) in [7, 11) is 0. The molecule has 108 valence electrons. The Kier molecular flexibility index (Phi) is 3.95. The van der Waals surface area contributed by atoms with Crippen LogP contribution in [0.2, 0.25) is 0 Å². The zero-order valence-corrected chi connectivity index (χ0v) is 11.9. The van der Waals surface area contributed by atoms with Crippen LogP contribution >= 0.6 is 23.1 Å². The van der Waals surface area contributed by atoms with Crippen LogP contribution in [-0.4, -0.2) is 40.0 Å². The molecule has 0 bridgehead atoms. The molecule has 0 radical (unpaired) electrons. The van der Waals surface area contributed by atoms with Crippen molar-refractivity contribution in [2.75, 3.05) is 23.9 Å². The number of anilines is 1. The Morgan fingerprint density at radius 2 is 2.21 bits per heavy atom. The average Bonchev–Trinajstić information content (AvgIpc) is 2.75. The van der Waals surface area contributed by atoms with Crippen LogP contribution in [0.5, 0.6) is 0 Å². The number of rotatable bonds is 2. The highest BCUT2D eigenvalue weighted by atomic mass is 35.5. The molecule has 1 aliphatic rings. The Labute approximate surface area is 117 Å². The highest BCUT2D eigenvalue weighted by Crippen LogP contribution is 2.32. The molecular weight excluding hydrogens is 303 g/mol. The monoisotopic (exact) mass is 315 g/mol. The topological polar surface area (TPSA) is 38.2 Å². The number of hydrogen-bond donors (Lipinski definition) is 0. The molecule has 0 aliphatic carbocycles. The van der Waals surface area contributed by atoms with Gasteiger partial charge in [-0.2, -0.15) is 22.5 Å². The van der Waals surface area contributed by atoms with E-state index in [1.54, 1.807) is 4.90 Å². The van der Waals surface area contributed by atoms with E-state index >= 15 is 0 Å². The van der Waals surface area contributed by atoms with Gasteiger partial charge in [-0.15, -0.1) is 11.6 Å². The summed E-state index contributed by atoms with van der Waals surface area (Å²) in [6.45, 7) is 4.60. The standard InChI is InChI=1S/C10H13ClF3N3OS/c1-9(2)5-17(4-6(3-11)18-9)8-15-7(16-19-8)10(12,13)14/h6H,3-5H2,1-2H3. The van der Waals surface area contributed by atoms with E-state index in [1.165, 1.54) is 0 Å². The Hall–Kier alpha value is -0.600. The van der Waals surface area contributed by atoms with Crippen LogP contribution < -0.4 is 4.90 Å². The molecule has 0 N–H and O–H groups in total. The first-order valence-electron chi connectivity index (χ1n) is 5.61. The zero-order valence-electron chi connectivity index (χ0n) is 10.4. The molecule has 4 nitrogen and oxygen atoms in total. The van der Waals surface area contributed by atoms with Crippen LogP contribution in [0.25, 0.3) is 0 Å². The van der Waals surface area contributed by atoms with E-state index < -0.39 is 17.6 Å². The van der Waals surface area contributed by atoms with Crippen molar-refractivity contribution < 1.29 is 17.9 Å². The van der Waals surface area contributed by atoms with Crippen LogP contribution in [-0.2, 0) is 10.9 Å². The fourth-order valence-corrected chi connectivity index (χ4v) is 2.84. The highest BCUT2D eigenvalue weighted by Gasteiger charge is 2.39. The van der Waals surface area contributed by atoms with Gasteiger partial charge in [-0.25, -0.2) is 0 Å². The molecule has 0 saturated carbocycles. The van der Waals surface area contributed by atoms with Gasteiger partial charge in [0.2, 0.25) is 11.0 Å². The quantitative estimate of drug-likeness (QED) is 0.787. The Morgan fingerprint density at radius 1 is 1.53 bits per heavy atom. The van der Waals surface area contributed by atoms with E-state index in [0.29, 0.717) is 13.1 Å². The minimum absolute atomic E-state index is 0.233. The first-order valence-corrected chi connectivity index (χ1v) is 6.92. The average molecular weight is 316 g/mol. The predicted octanol–water partition coefficient (Wildman–Crippen LogP) is 2.78. The third-order valence-electron chi connectivity index (χ3n) is 2.59. The normalized spacial score (nSPS) is 23.7. The second-order valence-corrected chi connectivity index (χ2v) is 5.97. The van der Waals surface area contributed by atoms with Gasteiger partial charge in [0, 0.05) is 24.6 Å². The maximum Gasteiger partial charge on any atom is 0.452 e. The third-order valence-corrected chi connectivity index (χ3v) is 3.71.